The number of piperazine rings is 1. The van der Waals surface area contributed by atoms with E-state index < -0.39 is 0 Å². The number of halogens is 1. The Morgan fingerprint density at radius 2 is 1.61 bits per heavy atom. The third kappa shape index (κ3) is 5.45. The summed E-state index contributed by atoms with van der Waals surface area (Å²) in [6, 6.07) is 13.6. The molecule has 2 amide bonds. The highest BCUT2D eigenvalue weighted by molar-refractivity contribution is 5.80. The first-order chi connectivity index (χ1) is 13.5. The van der Waals surface area contributed by atoms with E-state index in [9.17, 15) is 14.0 Å². The summed E-state index contributed by atoms with van der Waals surface area (Å²) in [5.41, 5.74) is 8.14. The predicted molar refractivity (Wildman–Crippen MR) is 107 cm³/mol. The molecule has 1 aliphatic rings. The minimum absolute atomic E-state index is 0.0338. The van der Waals surface area contributed by atoms with Gasteiger partial charge in [-0.1, -0.05) is 12.1 Å². The summed E-state index contributed by atoms with van der Waals surface area (Å²) in [5.74, 6) is -0.332. The largest absolute Gasteiger partial charge is 0.399 e. The molecule has 0 atom stereocenters. The highest BCUT2D eigenvalue weighted by Crippen LogP contribution is 2.17. The second-order valence-electron chi connectivity index (χ2n) is 6.86. The molecule has 28 heavy (non-hydrogen) atoms. The maximum Gasteiger partial charge on any atom is 0.224 e. The number of nitrogens with zero attached hydrogens (tertiary/aromatic N) is 2. The maximum atomic E-state index is 13.0. The summed E-state index contributed by atoms with van der Waals surface area (Å²) >= 11 is 0. The summed E-state index contributed by atoms with van der Waals surface area (Å²) < 4.78 is 13.0. The Hall–Kier alpha value is -3.09. The zero-order valence-electron chi connectivity index (χ0n) is 15.7. The summed E-state index contributed by atoms with van der Waals surface area (Å²) in [6.07, 6.45) is 0.550. The molecule has 0 bridgehead atoms. The molecule has 0 spiro atoms. The van der Waals surface area contributed by atoms with Crippen molar-refractivity contribution >= 4 is 23.2 Å². The Morgan fingerprint density at radius 3 is 2.25 bits per heavy atom. The van der Waals surface area contributed by atoms with Gasteiger partial charge in [-0.2, -0.15) is 0 Å². The van der Waals surface area contributed by atoms with Crippen LogP contribution in [0.1, 0.15) is 12.0 Å². The molecule has 1 fully saturated rings. The molecule has 1 saturated heterocycles. The summed E-state index contributed by atoms with van der Waals surface area (Å²) in [4.78, 5) is 28.3. The lowest BCUT2D eigenvalue weighted by Crippen LogP contribution is -2.49. The molecule has 148 valence electrons. The highest BCUT2D eigenvalue weighted by Gasteiger charge is 2.21. The van der Waals surface area contributed by atoms with Crippen LogP contribution in [0.2, 0.25) is 0 Å². The van der Waals surface area contributed by atoms with Crippen molar-refractivity contribution in [3.8, 4) is 0 Å². The number of rotatable bonds is 6. The summed E-state index contributed by atoms with van der Waals surface area (Å²) in [7, 11) is 0. The lowest BCUT2D eigenvalue weighted by Gasteiger charge is -2.36. The Morgan fingerprint density at radius 1 is 0.964 bits per heavy atom. The van der Waals surface area contributed by atoms with Gasteiger partial charge in [0.05, 0.1) is 6.42 Å². The van der Waals surface area contributed by atoms with Gasteiger partial charge in [0.2, 0.25) is 11.8 Å². The fraction of sp³-hybridized carbons (Fsp3) is 0.333. The van der Waals surface area contributed by atoms with E-state index in [0.717, 1.165) is 11.3 Å². The van der Waals surface area contributed by atoms with Crippen LogP contribution in [0.15, 0.2) is 48.5 Å². The molecule has 2 aromatic carbocycles. The second kappa shape index (κ2) is 9.21. The van der Waals surface area contributed by atoms with Gasteiger partial charge in [-0.05, 0) is 42.0 Å². The van der Waals surface area contributed by atoms with Crippen molar-refractivity contribution in [2.24, 2.45) is 0 Å². The van der Waals surface area contributed by atoms with E-state index >= 15 is 0 Å². The SMILES string of the molecule is Nc1ccc(CC(=O)NCCC(=O)N2CCN(c3ccc(F)cc3)CC2)cc1. The smallest absolute Gasteiger partial charge is 0.224 e. The third-order valence-electron chi connectivity index (χ3n) is 4.83. The van der Waals surface area contributed by atoms with Crippen LogP contribution in [0, 0.1) is 5.82 Å². The van der Waals surface area contributed by atoms with Gasteiger partial charge in [0, 0.05) is 50.5 Å². The van der Waals surface area contributed by atoms with E-state index in [1.54, 1.807) is 24.3 Å². The van der Waals surface area contributed by atoms with Crippen LogP contribution in [-0.4, -0.2) is 49.4 Å². The van der Waals surface area contributed by atoms with E-state index in [0.29, 0.717) is 38.4 Å². The molecule has 2 aromatic rings. The zero-order valence-corrected chi connectivity index (χ0v) is 15.7. The number of nitrogens with two attached hydrogens (primary N) is 1. The Bertz CT molecular complexity index is 800. The van der Waals surface area contributed by atoms with Gasteiger partial charge in [0.15, 0.2) is 0 Å². The molecule has 7 heteroatoms. The second-order valence-corrected chi connectivity index (χ2v) is 6.86. The van der Waals surface area contributed by atoms with Gasteiger partial charge < -0.3 is 20.9 Å². The monoisotopic (exact) mass is 384 g/mol. The first-order valence-electron chi connectivity index (χ1n) is 9.40. The molecule has 0 unspecified atom stereocenters. The van der Waals surface area contributed by atoms with Crippen molar-refractivity contribution in [2.45, 2.75) is 12.8 Å². The van der Waals surface area contributed by atoms with Gasteiger partial charge in [-0.15, -0.1) is 0 Å². The summed E-state index contributed by atoms with van der Waals surface area (Å²) in [5, 5.41) is 2.79. The molecule has 1 aliphatic heterocycles. The molecule has 3 rings (SSSR count). The first kappa shape index (κ1) is 19.7. The van der Waals surface area contributed by atoms with E-state index in [1.807, 2.05) is 17.0 Å². The van der Waals surface area contributed by atoms with Gasteiger partial charge >= 0.3 is 0 Å². The number of nitrogen functional groups attached to an aromatic ring is 1. The number of hydrogen-bond acceptors (Lipinski definition) is 4. The third-order valence-corrected chi connectivity index (χ3v) is 4.83. The normalized spacial score (nSPS) is 14.0. The average Bonchev–Trinajstić information content (AvgIpc) is 2.70. The fourth-order valence-electron chi connectivity index (χ4n) is 3.22. The Kier molecular flexibility index (Phi) is 6.47. The number of hydrogen-bond donors (Lipinski definition) is 2. The van der Waals surface area contributed by atoms with Crippen molar-refractivity contribution in [3.63, 3.8) is 0 Å². The minimum atomic E-state index is -0.254. The lowest BCUT2D eigenvalue weighted by atomic mass is 10.1. The molecule has 0 aromatic heterocycles. The first-order valence-corrected chi connectivity index (χ1v) is 9.40. The molecule has 6 nitrogen and oxygen atoms in total. The van der Waals surface area contributed by atoms with Crippen LogP contribution in [0.5, 0.6) is 0 Å². The number of anilines is 2. The van der Waals surface area contributed by atoms with Crippen molar-refractivity contribution < 1.29 is 14.0 Å². The van der Waals surface area contributed by atoms with Gasteiger partial charge in [-0.25, -0.2) is 4.39 Å². The molecule has 1 heterocycles. The van der Waals surface area contributed by atoms with Gasteiger partial charge in [0.1, 0.15) is 5.82 Å². The number of carbonyl (C=O) groups excluding carboxylic acids is 2. The predicted octanol–water partition coefficient (Wildman–Crippen LogP) is 1.81. The van der Waals surface area contributed by atoms with Gasteiger partial charge in [-0.3, -0.25) is 9.59 Å². The van der Waals surface area contributed by atoms with Crippen molar-refractivity contribution in [1.29, 1.82) is 0 Å². The molecule has 0 radical (unpaired) electrons. The van der Waals surface area contributed by atoms with Crippen LogP contribution in [0.4, 0.5) is 15.8 Å². The van der Waals surface area contributed by atoms with Crippen LogP contribution in [-0.2, 0) is 16.0 Å². The van der Waals surface area contributed by atoms with Crippen molar-refractivity contribution in [1.82, 2.24) is 10.2 Å². The van der Waals surface area contributed by atoms with Crippen LogP contribution >= 0.6 is 0 Å². The van der Waals surface area contributed by atoms with E-state index in [2.05, 4.69) is 10.2 Å². The molecular formula is C21H25FN4O2. The molecule has 0 aliphatic carbocycles. The van der Waals surface area contributed by atoms with E-state index in [4.69, 9.17) is 5.73 Å². The molecular weight excluding hydrogens is 359 g/mol. The number of amides is 2. The number of carbonyl (C=O) groups is 2. The minimum Gasteiger partial charge on any atom is -0.399 e. The van der Waals surface area contributed by atoms with E-state index in [-0.39, 0.29) is 30.5 Å². The van der Waals surface area contributed by atoms with Crippen molar-refractivity contribution in [2.75, 3.05) is 43.4 Å². The average molecular weight is 384 g/mol. The molecule has 3 N–H and O–H groups in total. The van der Waals surface area contributed by atoms with Crippen LogP contribution in [0.3, 0.4) is 0 Å². The number of benzene rings is 2. The number of nitrogens with one attached hydrogen (secondary N) is 1. The lowest BCUT2D eigenvalue weighted by molar-refractivity contribution is -0.131. The fourth-order valence-corrected chi connectivity index (χ4v) is 3.22. The van der Waals surface area contributed by atoms with Gasteiger partial charge in [0.25, 0.3) is 0 Å². The topological polar surface area (TPSA) is 78.7 Å². The zero-order chi connectivity index (χ0) is 19.9. The maximum absolute atomic E-state index is 13.0. The van der Waals surface area contributed by atoms with Crippen LogP contribution in [0.25, 0.3) is 0 Å². The standard InChI is InChI=1S/C21H25FN4O2/c22-17-3-7-19(8-4-17)25-11-13-26(14-12-25)21(28)9-10-24-20(27)15-16-1-5-18(23)6-2-16/h1-8H,9-15,23H2,(H,24,27). The highest BCUT2D eigenvalue weighted by atomic mass is 19.1. The summed E-state index contributed by atoms with van der Waals surface area (Å²) in [6.45, 7) is 2.98. The van der Waals surface area contributed by atoms with Crippen LogP contribution < -0.4 is 16.0 Å². The van der Waals surface area contributed by atoms with Crippen molar-refractivity contribution in [3.05, 3.63) is 59.9 Å². The van der Waals surface area contributed by atoms with E-state index in [1.165, 1.54) is 12.1 Å². The quantitative estimate of drug-likeness (QED) is 0.745. The Balaban J connectivity index is 1.37. The Labute approximate surface area is 164 Å². The molecule has 0 saturated carbocycles.